The highest BCUT2D eigenvalue weighted by atomic mass is 35.5. The summed E-state index contributed by atoms with van der Waals surface area (Å²) in [6.07, 6.45) is 0. The molecule has 1 rings (SSSR count). The van der Waals surface area contributed by atoms with Gasteiger partial charge in [0, 0.05) is 6.07 Å². The van der Waals surface area contributed by atoms with Crippen molar-refractivity contribution in [3.63, 3.8) is 0 Å². The van der Waals surface area contributed by atoms with Gasteiger partial charge in [0.25, 0.3) is 10.9 Å². The predicted molar refractivity (Wildman–Crippen MR) is 56.5 cm³/mol. The summed E-state index contributed by atoms with van der Waals surface area (Å²) in [6.45, 7) is 0. The van der Waals surface area contributed by atoms with E-state index in [1.54, 1.807) is 0 Å². The molecule has 0 aliphatic heterocycles. The summed E-state index contributed by atoms with van der Waals surface area (Å²) in [6, 6.07) is 1.52. The van der Waals surface area contributed by atoms with Gasteiger partial charge < -0.3 is 4.74 Å². The van der Waals surface area contributed by atoms with Crippen LogP contribution in [0.5, 0.6) is 5.75 Å². The molecule has 0 fully saturated rings. The van der Waals surface area contributed by atoms with Gasteiger partial charge in [0.1, 0.15) is 0 Å². The number of carbonyl (C=O) groups is 1. The van der Waals surface area contributed by atoms with E-state index in [1.807, 2.05) is 0 Å². The van der Waals surface area contributed by atoms with Crippen LogP contribution >= 0.6 is 11.6 Å². The van der Waals surface area contributed by atoms with Gasteiger partial charge in [0.2, 0.25) is 5.75 Å². The van der Waals surface area contributed by atoms with Crippen LogP contribution in [0.1, 0.15) is 10.4 Å². The Balaban J connectivity index is 3.63. The molecule has 17 heavy (non-hydrogen) atoms. The number of benzene rings is 1. The summed E-state index contributed by atoms with van der Waals surface area (Å²) >= 11 is 5.18. The number of rotatable bonds is 4. The van der Waals surface area contributed by atoms with Gasteiger partial charge in [0.15, 0.2) is 0 Å². The minimum Gasteiger partial charge on any atom is -0.490 e. The lowest BCUT2D eigenvalue weighted by Crippen LogP contribution is -2.02. The molecule has 0 N–H and O–H groups in total. The molecule has 0 aliphatic carbocycles. The van der Waals surface area contributed by atoms with Gasteiger partial charge >= 0.3 is 5.69 Å². The first-order valence-electron chi connectivity index (χ1n) is 4.09. The maximum Gasteiger partial charge on any atom is 0.318 e. The monoisotopic (exact) mass is 260 g/mol. The number of halogens is 1. The maximum absolute atomic E-state index is 11.0. The molecule has 0 aliphatic rings. The lowest BCUT2D eigenvalue weighted by Gasteiger charge is -2.05. The van der Waals surface area contributed by atoms with E-state index < -0.39 is 37.8 Å². The number of nitrogens with zero attached hydrogens (tertiary/aromatic N) is 2. The average Bonchev–Trinajstić information content (AvgIpc) is 2.26. The van der Waals surface area contributed by atoms with Crippen molar-refractivity contribution in [3.8, 4) is 5.75 Å². The molecule has 8 nitrogen and oxygen atoms in total. The average molecular weight is 261 g/mol. The van der Waals surface area contributed by atoms with Crippen LogP contribution in [0.4, 0.5) is 11.4 Å². The van der Waals surface area contributed by atoms with Crippen molar-refractivity contribution in [1.82, 2.24) is 0 Å². The van der Waals surface area contributed by atoms with Gasteiger partial charge in [-0.25, -0.2) is 0 Å². The van der Waals surface area contributed by atoms with E-state index in [1.165, 1.54) is 0 Å². The fourth-order valence-corrected chi connectivity index (χ4v) is 1.34. The molecule has 0 radical (unpaired) electrons. The largest absolute Gasteiger partial charge is 0.490 e. The number of methoxy groups -OCH3 is 1. The van der Waals surface area contributed by atoms with E-state index in [4.69, 9.17) is 11.6 Å². The molecule has 0 atom stereocenters. The Morgan fingerprint density at radius 3 is 2.24 bits per heavy atom. The van der Waals surface area contributed by atoms with Gasteiger partial charge in [-0.2, -0.15) is 0 Å². The molecular weight excluding hydrogens is 256 g/mol. The van der Waals surface area contributed by atoms with Crippen LogP contribution in [0, 0.1) is 20.2 Å². The molecule has 1 aromatic carbocycles. The van der Waals surface area contributed by atoms with E-state index in [0.29, 0.717) is 6.07 Å². The van der Waals surface area contributed by atoms with E-state index in [-0.39, 0.29) is 0 Å². The van der Waals surface area contributed by atoms with Gasteiger partial charge in [-0.1, -0.05) is 0 Å². The standard InChI is InChI=1S/C8H5ClN2O6/c1-17-7-5(8(9)12)2-4(10(13)14)3-6(7)11(15)16/h2-3H,1H3. The van der Waals surface area contributed by atoms with Crippen LogP contribution < -0.4 is 4.74 Å². The zero-order chi connectivity index (χ0) is 13.2. The number of hydrogen-bond acceptors (Lipinski definition) is 6. The molecule has 0 saturated carbocycles. The highest BCUT2D eigenvalue weighted by molar-refractivity contribution is 6.68. The summed E-state index contributed by atoms with van der Waals surface area (Å²) in [7, 11) is 1.09. The second kappa shape index (κ2) is 4.74. The summed E-state index contributed by atoms with van der Waals surface area (Å²) in [4.78, 5) is 30.5. The molecule has 90 valence electrons. The molecule has 0 spiro atoms. The Morgan fingerprint density at radius 1 is 1.29 bits per heavy atom. The van der Waals surface area contributed by atoms with Gasteiger partial charge in [-0.05, 0) is 11.6 Å². The molecule has 0 bridgehead atoms. The number of carbonyl (C=O) groups excluding carboxylic acids is 1. The number of nitro groups is 2. The first-order chi connectivity index (χ1) is 7.88. The number of hydrogen-bond donors (Lipinski definition) is 0. The summed E-state index contributed by atoms with van der Waals surface area (Å²) < 4.78 is 4.66. The zero-order valence-corrected chi connectivity index (χ0v) is 9.13. The third-order valence-corrected chi connectivity index (χ3v) is 2.08. The second-order valence-corrected chi connectivity index (χ2v) is 3.18. The van der Waals surface area contributed by atoms with Crippen molar-refractivity contribution in [2.24, 2.45) is 0 Å². The second-order valence-electron chi connectivity index (χ2n) is 2.83. The van der Waals surface area contributed by atoms with Crippen molar-refractivity contribution in [3.05, 3.63) is 37.9 Å². The van der Waals surface area contributed by atoms with Gasteiger partial charge in [-0.15, -0.1) is 0 Å². The third kappa shape index (κ3) is 2.48. The highest BCUT2D eigenvalue weighted by Gasteiger charge is 2.27. The predicted octanol–water partition coefficient (Wildman–Crippen LogP) is 1.89. The highest BCUT2D eigenvalue weighted by Crippen LogP contribution is 2.35. The van der Waals surface area contributed by atoms with E-state index in [2.05, 4.69) is 4.74 Å². The topological polar surface area (TPSA) is 113 Å². The first kappa shape index (κ1) is 12.8. The Hall–Kier alpha value is -2.22. The van der Waals surface area contributed by atoms with Crippen molar-refractivity contribution in [1.29, 1.82) is 0 Å². The fraction of sp³-hybridized carbons (Fsp3) is 0.125. The quantitative estimate of drug-likeness (QED) is 0.464. The Morgan fingerprint density at radius 2 is 1.88 bits per heavy atom. The normalized spacial score (nSPS) is 9.76. The fourth-order valence-electron chi connectivity index (χ4n) is 1.20. The van der Waals surface area contributed by atoms with E-state index in [9.17, 15) is 25.0 Å². The van der Waals surface area contributed by atoms with Crippen molar-refractivity contribution in [2.45, 2.75) is 0 Å². The van der Waals surface area contributed by atoms with E-state index >= 15 is 0 Å². The van der Waals surface area contributed by atoms with Crippen LogP contribution in [-0.4, -0.2) is 22.2 Å². The molecule has 9 heteroatoms. The molecular formula is C8H5ClN2O6. The van der Waals surface area contributed by atoms with Crippen molar-refractivity contribution in [2.75, 3.05) is 7.11 Å². The van der Waals surface area contributed by atoms with Crippen LogP contribution in [0.3, 0.4) is 0 Å². The SMILES string of the molecule is COc1c(C(=O)Cl)cc([N+](=O)[O-])cc1[N+](=O)[O-]. The van der Waals surface area contributed by atoms with Crippen LogP contribution in [0.15, 0.2) is 12.1 Å². The van der Waals surface area contributed by atoms with Crippen LogP contribution in [-0.2, 0) is 0 Å². The molecule has 0 heterocycles. The van der Waals surface area contributed by atoms with Crippen molar-refractivity contribution >= 4 is 28.2 Å². The Bertz CT molecular complexity index is 480. The van der Waals surface area contributed by atoms with E-state index in [0.717, 1.165) is 13.2 Å². The number of ether oxygens (including phenoxy) is 1. The minimum absolute atomic E-state index is 0.402. The summed E-state index contributed by atoms with van der Waals surface area (Å²) in [5.74, 6) is -0.402. The Labute approximate surface area is 99.0 Å². The molecule has 0 unspecified atom stereocenters. The first-order valence-corrected chi connectivity index (χ1v) is 4.47. The molecule has 0 aromatic heterocycles. The maximum atomic E-state index is 11.0. The van der Waals surface area contributed by atoms with Crippen molar-refractivity contribution < 1.29 is 19.4 Å². The third-order valence-electron chi connectivity index (χ3n) is 1.88. The lowest BCUT2D eigenvalue weighted by atomic mass is 10.1. The minimum atomic E-state index is -1.08. The van der Waals surface area contributed by atoms with Gasteiger partial charge in [-0.3, -0.25) is 25.0 Å². The lowest BCUT2D eigenvalue weighted by molar-refractivity contribution is -0.394. The molecule has 1 aromatic rings. The number of nitro benzene ring substituents is 2. The molecule has 0 saturated heterocycles. The zero-order valence-electron chi connectivity index (χ0n) is 8.38. The molecule has 0 amide bonds. The van der Waals surface area contributed by atoms with Crippen LogP contribution in [0.2, 0.25) is 0 Å². The Kier molecular flexibility index (Phi) is 3.59. The summed E-state index contributed by atoms with van der Waals surface area (Å²) in [5, 5.41) is 20.1. The van der Waals surface area contributed by atoms with Crippen LogP contribution in [0.25, 0.3) is 0 Å². The summed E-state index contributed by atoms with van der Waals surface area (Å²) in [5.41, 5.74) is -1.72. The smallest absolute Gasteiger partial charge is 0.318 e. The van der Waals surface area contributed by atoms with Gasteiger partial charge in [0.05, 0.1) is 28.6 Å². The number of non-ortho nitro benzene ring substituents is 1.